The molecule has 0 aliphatic heterocycles. The molecule has 1 saturated carbocycles. The maximum Gasteiger partial charge on any atom is 0.268 e. The zero-order valence-electron chi connectivity index (χ0n) is 14.5. The Morgan fingerprint density at radius 2 is 2.13 bits per heavy atom. The Hall–Kier alpha value is -1.97. The molecule has 23 heavy (non-hydrogen) atoms. The summed E-state index contributed by atoms with van der Waals surface area (Å²) in [5.74, 6) is 1.50. The fourth-order valence-corrected chi connectivity index (χ4v) is 2.61. The van der Waals surface area contributed by atoms with Crippen LogP contribution in [0.5, 0.6) is 5.75 Å². The number of fused-ring (bicyclic) bond motifs is 1. The number of hydrogen-bond donors (Lipinski definition) is 1. The maximum absolute atomic E-state index is 12.7. The maximum atomic E-state index is 12.7. The lowest BCUT2D eigenvalue weighted by molar-refractivity contribution is 0.0904. The van der Waals surface area contributed by atoms with Gasteiger partial charge in [0.05, 0.1) is 12.8 Å². The molecule has 0 unspecified atom stereocenters. The van der Waals surface area contributed by atoms with Crippen LogP contribution in [-0.2, 0) is 0 Å². The molecule has 2 heterocycles. The highest BCUT2D eigenvalue weighted by molar-refractivity contribution is 5.96. The van der Waals surface area contributed by atoms with Gasteiger partial charge in [0, 0.05) is 11.1 Å². The molecule has 0 radical (unpaired) electrons. The molecule has 2 aromatic rings. The van der Waals surface area contributed by atoms with Crippen molar-refractivity contribution in [2.45, 2.75) is 52.5 Å². The van der Waals surface area contributed by atoms with E-state index in [-0.39, 0.29) is 11.4 Å². The molecular weight excluding hydrogens is 288 g/mol. The van der Waals surface area contributed by atoms with Crippen LogP contribution in [0.25, 0.3) is 5.52 Å². The van der Waals surface area contributed by atoms with Crippen molar-refractivity contribution < 1.29 is 9.53 Å². The second-order valence-corrected chi connectivity index (χ2v) is 7.28. The smallest absolute Gasteiger partial charge is 0.268 e. The molecular formula is C19H26N2O2. The molecule has 0 bridgehead atoms. The normalized spacial score (nSPS) is 15.0. The number of rotatable bonds is 6. The summed E-state index contributed by atoms with van der Waals surface area (Å²) in [5.41, 5.74) is 2.47. The molecule has 1 aliphatic rings. The van der Waals surface area contributed by atoms with Gasteiger partial charge in [-0.1, -0.05) is 6.92 Å². The first-order chi connectivity index (χ1) is 10.9. The van der Waals surface area contributed by atoms with Gasteiger partial charge in [0.2, 0.25) is 0 Å². The summed E-state index contributed by atoms with van der Waals surface area (Å²) < 4.78 is 7.79. The van der Waals surface area contributed by atoms with Gasteiger partial charge >= 0.3 is 0 Å². The summed E-state index contributed by atoms with van der Waals surface area (Å²) in [7, 11) is 0. The predicted octanol–water partition coefficient (Wildman–Crippen LogP) is 3.95. The third-order valence-electron chi connectivity index (χ3n) is 4.67. The summed E-state index contributed by atoms with van der Waals surface area (Å²) in [5, 5.41) is 3.12. The molecule has 1 N–H and O–H groups in total. The lowest BCUT2D eigenvalue weighted by Crippen LogP contribution is -2.43. The van der Waals surface area contributed by atoms with Crippen LogP contribution in [0, 0.1) is 12.8 Å². The third-order valence-corrected chi connectivity index (χ3v) is 4.67. The van der Waals surface area contributed by atoms with Crippen LogP contribution < -0.4 is 10.1 Å². The highest BCUT2D eigenvalue weighted by Crippen LogP contribution is 2.30. The largest absolute Gasteiger partial charge is 0.492 e. The minimum absolute atomic E-state index is 0.0336. The number of carbonyl (C=O) groups excluding carboxylic acids is 1. The quantitative estimate of drug-likeness (QED) is 0.877. The van der Waals surface area contributed by atoms with E-state index in [1.54, 1.807) is 0 Å². The molecule has 0 saturated heterocycles. The molecule has 4 heteroatoms. The highest BCUT2D eigenvalue weighted by atomic mass is 16.5. The van der Waals surface area contributed by atoms with Crippen molar-refractivity contribution in [3.63, 3.8) is 0 Å². The monoisotopic (exact) mass is 314 g/mol. The van der Waals surface area contributed by atoms with Crippen LogP contribution in [-0.4, -0.2) is 22.5 Å². The summed E-state index contributed by atoms with van der Waals surface area (Å²) in [6.07, 6.45) is 5.35. The Balaban J connectivity index is 1.89. The molecule has 0 aromatic carbocycles. The van der Waals surface area contributed by atoms with Crippen LogP contribution in [0.2, 0.25) is 0 Å². The number of carbonyl (C=O) groups is 1. The van der Waals surface area contributed by atoms with Crippen molar-refractivity contribution in [1.82, 2.24) is 9.72 Å². The van der Waals surface area contributed by atoms with Crippen LogP contribution in [0.3, 0.4) is 0 Å². The molecule has 1 aliphatic carbocycles. The summed E-state index contributed by atoms with van der Waals surface area (Å²) in [6, 6.07) is 6.03. The van der Waals surface area contributed by atoms with Gasteiger partial charge in [-0.05, 0) is 69.7 Å². The predicted molar refractivity (Wildman–Crippen MR) is 92.2 cm³/mol. The van der Waals surface area contributed by atoms with Crippen LogP contribution in [0.4, 0.5) is 0 Å². The molecule has 4 nitrogen and oxygen atoms in total. The molecule has 1 fully saturated rings. The zero-order valence-corrected chi connectivity index (χ0v) is 14.5. The average Bonchev–Trinajstić information content (AvgIpc) is 3.25. The Labute approximate surface area is 137 Å². The van der Waals surface area contributed by atoms with Crippen molar-refractivity contribution >= 4 is 11.4 Å². The summed E-state index contributed by atoms with van der Waals surface area (Å²) in [4.78, 5) is 12.7. The Bertz CT molecular complexity index is 726. The standard InChI is InChI=1S/C19H26N2O2/c1-5-19(3,4)20-18(22)17-13(2)10-15-8-9-16(11-21(15)17)23-12-14-6-7-14/h8-11,14H,5-7,12H2,1-4H3,(H,20,22). The number of hydrogen-bond acceptors (Lipinski definition) is 2. The minimum atomic E-state index is -0.215. The van der Waals surface area contributed by atoms with E-state index in [1.165, 1.54) is 12.8 Å². The van der Waals surface area contributed by atoms with Crippen molar-refractivity contribution in [3.8, 4) is 5.75 Å². The first-order valence-corrected chi connectivity index (χ1v) is 8.46. The van der Waals surface area contributed by atoms with E-state index in [2.05, 4.69) is 12.2 Å². The topological polar surface area (TPSA) is 42.7 Å². The van der Waals surface area contributed by atoms with Gasteiger partial charge < -0.3 is 14.5 Å². The SMILES string of the molecule is CCC(C)(C)NC(=O)c1c(C)cc2ccc(OCC3CC3)cn12. The molecule has 1 amide bonds. The minimum Gasteiger partial charge on any atom is -0.492 e. The van der Waals surface area contributed by atoms with Gasteiger partial charge in [-0.3, -0.25) is 4.79 Å². The zero-order chi connectivity index (χ0) is 16.6. The number of nitrogens with zero attached hydrogens (tertiary/aromatic N) is 1. The molecule has 124 valence electrons. The van der Waals surface area contributed by atoms with Gasteiger partial charge in [-0.15, -0.1) is 0 Å². The Kier molecular flexibility index (Phi) is 4.09. The van der Waals surface area contributed by atoms with Crippen LogP contribution >= 0.6 is 0 Å². The first-order valence-electron chi connectivity index (χ1n) is 8.46. The van der Waals surface area contributed by atoms with E-state index in [1.807, 2.05) is 49.6 Å². The van der Waals surface area contributed by atoms with Crippen molar-refractivity contribution in [2.75, 3.05) is 6.61 Å². The lowest BCUT2D eigenvalue weighted by Gasteiger charge is -2.24. The Morgan fingerprint density at radius 3 is 2.78 bits per heavy atom. The second kappa shape index (κ2) is 5.91. The number of ether oxygens (including phenoxy) is 1. The molecule has 0 atom stereocenters. The second-order valence-electron chi connectivity index (χ2n) is 7.28. The van der Waals surface area contributed by atoms with Crippen molar-refractivity contribution in [1.29, 1.82) is 0 Å². The van der Waals surface area contributed by atoms with Gasteiger partial charge in [0.25, 0.3) is 5.91 Å². The van der Waals surface area contributed by atoms with E-state index in [0.717, 1.165) is 29.9 Å². The van der Waals surface area contributed by atoms with E-state index >= 15 is 0 Å². The highest BCUT2D eigenvalue weighted by Gasteiger charge is 2.24. The fourth-order valence-electron chi connectivity index (χ4n) is 2.61. The molecule has 3 rings (SSSR count). The van der Waals surface area contributed by atoms with Crippen molar-refractivity contribution in [2.24, 2.45) is 5.92 Å². The number of nitrogens with one attached hydrogen (secondary N) is 1. The number of aryl methyl sites for hydroxylation is 1. The third kappa shape index (κ3) is 3.52. The van der Waals surface area contributed by atoms with Crippen LogP contribution in [0.1, 0.15) is 56.1 Å². The molecule has 2 aromatic heterocycles. The Morgan fingerprint density at radius 1 is 1.39 bits per heavy atom. The summed E-state index contributed by atoms with van der Waals surface area (Å²) in [6.45, 7) is 8.91. The van der Waals surface area contributed by atoms with E-state index < -0.39 is 0 Å². The number of pyridine rings is 1. The fraction of sp³-hybridized carbons (Fsp3) is 0.526. The number of amides is 1. The van der Waals surface area contributed by atoms with E-state index in [9.17, 15) is 4.79 Å². The van der Waals surface area contributed by atoms with Crippen LogP contribution in [0.15, 0.2) is 24.4 Å². The van der Waals surface area contributed by atoms with Crippen molar-refractivity contribution in [3.05, 3.63) is 35.7 Å². The first kappa shape index (κ1) is 15.9. The van der Waals surface area contributed by atoms with Gasteiger partial charge in [0.15, 0.2) is 0 Å². The average molecular weight is 314 g/mol. The van der Waals surface area contributed by atoms with E-state index in [4.69, 9.17) is 4.74 Å². The number of aromatic nitrogens is 1. The lowest BCUT2D eigenvalue weighted by atomic mass is 10.0. The van der Waals surface area contributed by atoms with E-state index in [0.29, 0.717) is 11.6 Å². The van der Waals surface area contributed by atoms with Gasteiger partial charge in [0.1, 0.15) is 11.4 Å². The molecule has 0 spiro atoms. The van der Waals surface area contributed by atoms with Gasteiger partial charge in [-0.2, -0.15) is 0 Å². The summed E-state index contributed by atoms with van der Waals surface area (Å²) >= 11 is 0. The van der Waals surface area contributed by atoms with Gasteiger partial charge in [-0.25, -0.2) is 0 Å².